The highest BCUT2D eigenvalue weighted by Crippen LogP contribution is 2.60. The second-order valence-electron chi connectivity index (χ2n) is 11.2. The normalized spacial score (nSPS) is 26.1. The fourth-order valence-electron chi connectivity index (χ4n) is 7.12. The summed E-state index contributed by atoms with van der Waals surface area (Å²) in [5, 5.41) is 38.5. The summed E-state index contributed by atoms with van der Waals surface area (Å²) >= 11 is 0. The first kappa shape index (κ1) is 32.9. The lowest BCUT2D eigenvalue weighted by atomic mass is 9.48. The van der Waals surface area contributed by atoms with E-state index in [9.17, 15) is 28.6 Å². The first-order chi connectivity index (χ1) is 18.7. The molecule has 226 valence electrons. The van der Waals surface area contributed by atoms with Crippen LogP contribution in [0.4, 0.5) is 24.9 Å². The number of rotatable bonds is 11. The van der Waals surface area contributed by atoms with Crippen molar-refractivity contribution in [1.82, 2.24) is 15.3 Å². The predicted molar refractivity (Wildman–Crippen MR) is 151 cm³/mol. The Kier molecular flexibility index (Phi) is 10.9. The van der Waals surface area contributed by atoms with Crippen molar-refractivity contribution in [2.45, 2.75) is 57.1 Å². The topological polar surface area (TPSA) is 135 Å². The van der Waals surface area contributed by atoms with Crippen LogP contribution in [0, 0.1) is 34.5 Å². The van der Waals surface area contributed by atoms with Gasteiger partial charge in [-0.15, -0.1) is 38.0 Å². The van der Waals surface area contributed by atoms with Gasteiger partial charge in [-0.2, -0.15) is 10.2 Å². The Bertz CT molecular complexity index is 1200. The minimum absolute atomic E-state index is 0. The van der Waals surface area contributed by atoms with Gasteiger partial charge in [0.15, 0.2) is 0 Å². The number of benzene rings is 1. The lowest BCUT2D eigenvalue weighted by Crippen LogP contribution is -2.61. The summed E-state index contributed by atoms with van der Waals surface area (Å²) in [6.45, 7) is 0.471. The molecule has 1 aromatic carbocycles. The van der Waals surface area contributed by atoms with Crippen LogP contribution in [-0.4, -0.2) is 58.4 Å². The Balaban J connectivity index is 0.00000231. The molecule has 0 saturated heterocycles. The van der Waals surface area contributed by atoms with Crippen molar-refractivity contribution in [3.8, 4) is 11.8 Å². The first-order valence-corrected chi connectivity index (χ1v) is 13.3. The molecule has 4 fully saturated rings. The highest BCUT2D eigenvalue weighted by molar-refractivity contribution is 5.85. The molecule has 6 rings (SSSR count). The van der Waals surface area contributed by atoms with Gasteiger partial charge in [0, 0.05) is 24.7 Å². The van der Waals surface area contributed by atoms with E-state index in [1.165, 1.54) is 24.4 Å². The summed E-state index contributed by atoms with van der Waals surface area (Å²) in [6.07, 6.45) is 2.03. The molecule has 4 aliphatic rings. The monoisotopic (exact) mass is 618 g/mol. The van der Waals surface area contributed by atoms with Gasteiger partial charge >= 0.3 is 6.36 Å². The number of alkyl halides is 3. The number of nitriles is 1. The van der Waals surface area contributed by atoms with Gasteiger partial charge in [-0.05, 0) is 61.3 Å². The third-order valence-corrected chi connectivity index (χ3v) is 8.44. The average molecular weight is 620 g/mol. The molecule has 1 unspecified atom stereocenters. The molecule has 0 aliphatic heterocycles. The van der Waals surface area contributed by atoms with E-state index in [0.29, 0.717) is 41.2 Å². The molecule has 14 heteroatoms. The van der Waals surface area contributed by atoms with E-state index in [0.717, 1.165) is 32.1 Å². The molecule has 4 aliphatic carbocycles. The number of ether oxygens (including phenoxy) is 1. The van der Waals surface area contributed by atoms with Gasteiger partial charge in [-0.25, -0.2) is 4.98 Å². The zero-order valence-corrected chi connectivity index (χ0v) is 23.9. The molecular weight excluding hydrogens is 584 g/mol. The summed E-state index contributed by atoms with van der Waals surface area (Å²) in [6, 6.07) is 7.94. The van der Waals surface area contributed by atoms with E-state index in [1.54, 1.807) is 6.07 Å². The van der Waals surface area contributed by atoms with E-state index in [-0.39, 0.29) is 73.8 Å². The Morgan fingerprint density at radius 1 is 1.07 bits per heavy atom. The molecule has 9 nitrogen and oxygen atoms in total. The van der Waals surface area contributed by atoms with Crippen molar-refractivity contribution in [2.24, 2.45) is 23.2 Å². The quantitative estimate of drug-likeness (QED) is 0.250. The number of para-hydroxylation sites is 1. The van der Waals surface area contributed by atoms with Crippen LogP contribution >= 0.6 is 24.8 Å². The van der Waals surface area contributed by atoms with Crippen molar-refractivity contribution in [1.29, 1.82) is 5.26 Å². The summed E-state index contributed by atoms with van der Waals surface area (Å²) in [5.41, 5.74) is 0.653. The van der Waals surface area contributed by atoms with Crippen molar-refractivity contribution >= 4 is 36.6 Å². The van der Waals surface area contributed by atoms with E-state index >= 15 is 0 Å². The van der Waals surface area contributed by atoms with Crippen molar-refractivity contribution < 1.29 is 28.1 Å². The number of hydrogen-bond donors (Lipinski definition) is 5. The SMILES string of the molecule is Cl.Cl.N#Cc1cnc(NCc2ccccc2OC(F)(F)F)nc1NC[C@]12CC3C[C@H](C1)[C@H](NC(CO)CO)[C@@H](C3)C2. The molecule has 2 aromatic rings. The summed E-state index contributed by atoms with van der Waals surface area (Å²) in [4.78, 5) is 8.63. The summed E-state index contributed by atoms with van der Waals surface area (Å²) < 4.78 is 42.4. The largest absolute Gasteiger partial charge is 0.573 e. The molecule has 1 aromatic heterocycles. The van der Waals surface area contributed by atoms with Crippen LogP contribution in [0.25, 0.3) is 0 Å². The van der Waals surface area contributed by atoms with E-state index in [2.05, 4.69) is 36.7 Å². The molecular formula is C27H35Cl2F3N6O3. The number of hydrogen-bond acceptors (Lipinski definition) is 9. The highest BCUT2D eigenvalue weighted by atomic mass is 35.5. The molecule has 5 N–H and O–H groups in total. The zero-order chi connectivity index (χ0) is 27.6. The van der Waals surface area contributed by atoms with Gasteiger partial charge in [-0.1, -0.05) is 18.2 Å². The van der Waals surface area contributed by atoms with Gasteiger partial charge in [-0.3, -0.25) is 0 Å². The van der Waals surface area contributed by atoms with Gasteiger partial charge in [0.25, 0.3) is 0 Å². The molecule has 4 saturated carbocycles. The van der Waals surface area contributed by atoms with Gasteiger partial charge in [0.05, 0.1) is 25.5 Å². The molecule has 1 heterocycles. The Labute approximate surface area is 249 Å². The molecule has 0 spiro atoms. The molecule has 4 bridgehead atoms. The zero-order valence-electron chi connectivity index (χ0n) is 22.2. The van der Waals surface area contributed by atoms with Crippen LogP contribution in [0.3, 0.4) is 0 Å². The third kappa shape index (κ3) is 7.64. The maximum absolute atomic E-state index is 12.8. The molecule has 41 heavy (non-hydrogen) atoms. The number of nitrogens with one attached hydrogen (secondary N) is 3. The maximum Gasteiger partial charge on any atom is 0.573 e. The number of halogens is 5. The summed E-state index contributed by atoms with van der Waals surface area (Å²) in [7, 11) is 0. The van der Waals surface area contributed by atoms with Crippen molar-refractivity contribution in [3.05, 3.63) is 41.6 Å². The lowest BCUT2D eigenvalue weighted by molar-refractivity contribution is -0.274. The number of anilines is 2. The average Bonchev–Trinajstić information content (AvgIpc) is 2.90. The van der Waals surface area contributed by atoms with Crippen LogP contribution in [0.2, 0.25) is 0 Å². The number of aromatic nitrogens is 2. The Morgan fingerprint density at radius 3 is 2.39 bits per heavy atom. The van der Waals surface area contributed by atoms with Crippen molar-refractivity contribution in [3.63, 3.8) is 0 Å². The van der Waals surface area contributed by atoms with Crippen LogP contribution < -0.4 is 20.7 Å². The summed E-state index contributed by atoms with van der Waals surface area (Å²) in [5.74, 6) is 1.85. The molecule has 0 radical (unpaired) electrons. The van der Waals surface area contributed by atoms with Crippen molar-refractivity contribution in [2.75, 3.05) is 30.4 Å². The number of aliphatic hydroxyl groups is 2. The fourth-order valence-corrected chi connectivity index (χ4v) is 7.12. The number of nitrogens with zero attached hydrogens (tertiary/aromatic N) is 3. The second kappa shape index (κ2) is 13.6. The second-order valence-corrected chi connectivity index (χ2v) is 11.2. The predicted octanol–water partition coefficient (Wildman–Crippen LogP) is 4.25. The van der Waals surface area contributed by atoms with Crippen LogP contribution in [-0.2, 0) is 6.54 Å². The van der Waals surface area contributed by atoms with Gasteiger partial charge in [0.2, 0.25) is 5.95 Å². The van der Waals surface area contributed by atoms with E-state index in [4.69, 9.17) is 0 Å². The Hall–Kier alpha value is -2.56. The standard InChI is InChI=1S/C27H33F3N6O3.2ClH/c28-27(29,30)39-22-4-2-1-3-17(22)11-32-25-33-12-20(10-31)24(36-25)34-15-26-7-16-5-18(8-26)23(19(6-16)9-26)35-21(13-37)14-38;;/h1-4,12,16,18-19,21,23,35,37-38H,5-9,11,13-15H2,(H2,32,33,34,36);2*1H/t16?,18-,19+,23+,26-;;. The maximum atomic E-state index is 12.8. The third-order valence-electron chi connectivity index (χ3n) is 8.44. The van der Waals surface area contributed by atoms with Crippen LogP contribution in [0.5, 0.6) is 5.75 Å². The van der Waals surface area contributed by atoms with Gasteiger partial charge in [0.1, 0.15) is 23.2 Å². The smallest absolute Gasteiger partial charge is 0.405 e. The molecule has 0 amide bonds. The minimum Gasteiger partial charge on any atom is -0.405 e. The van der Waals surface area contributed by atoms with Gasteiger partial charge < -0.3 is 30.9 Å². The molecule has 5 atom stereocenters. The lowest BCUT2D eigenvalue weighted by Gasteiger charge is -2.60. The highest BCUT2D eigenvalue weighted by Gasteiger charge is 2.55. The first-order valence-electron chi connectivity index (χ1n) is 13.3. The van der Waals surface area contributed by atoms with E-state index in [1.807, 2.05) is 0 Å². The fraction of sp³-hybridized carbons (Fsp3) is 0.593. The Morgan fingerprint density at radius 2 is 1.76 bits per heavy atom. The minimum atomic E-state index is -4.80. The number of aliphatic hydroxyl groups excluding tert-OH is 2. The van der Waals surface area contributed by atoms with Crippen LogP contribution in [0.15, 0.2) is 30.5 Å². The van der Waals surface area contributed by atoms with E-state index < -0.39 is 6.36 Å². The van der Waals surface area contributed by atoms with Crippen LogP contribution in [0.1, 0.15) is 43.2 Å².